The first kappa shape index (κ1) is 19.7. The fourth-order valence-electron chi connectivity index (χ4n) is 3.32. The van der Waals surface area contributed by atoms with Crippen molar-refractivity contribution in [3.63, 3.8) is 0 Å². The van der Waals surface area contributed by atoms with Crippen LogP contribution in [0.4, 0.5) is 0 Å². The predicted molar refractivity (Wildman–Crippen MR) is 103 cm³/mol. The summed E-state index contributed by atoms with van der Waals surface area (Å²) in [5, 5.41) is 6.93. The van der Waals surface area contributed by atoms with E-state index in [1.54, 1.807) is 0 Å². The summed E-state index contributed by atoms with van der Waals surface area (Å²) in [7, 11) is 4.10. The van der Waals surface area contributed by atoms with Gasteiger partial charge in [-0.25, -0.2) is 0 Å². The molecule has 2 aromatic carbocycles. The van der Waals surface area contributed by atoms with Crippen molar-refractivity contribution >= 4 is 12.4 Å². The topological polar surface area (TPSA) is 24.1 Å². The molecule has 0 saturated heterocycles. The smallest absolute Gasteiger partial charge is 0.0111 e. The van der Waals surface area contributed by atoms with Crippen LogP contribution in [0.15, 0.2) is 60.7 Å². The maximum atomic E-state index is 3.46. The van der Waals surface area contributed by atoms with Crippen LogP contribution in [0.5, 0.6) is 0 Å². The Balaban J connectivity index is 0.00000264. The van der Waals surface area contributed by atoms with Crippen molar-refractivity contribution in [2.45, 2.75) is 37.8 Å². The lowest BCUT2D eigenvalue weighted by molar-refractivity contribution is 0.363. The number of likely N-dealkylation sites (N-methyl/N-ethyl adjacent to an activating group) is 2. The third-order valence-electron chi connectivity index (χ3n) is 4.74. The van der Waals surface area contributed by atoms with Crippen molar-refractivity contribution in [3.05, 3.63) is 71.8 Å². The molecular weight excluding hydrogens is 304 g/mol. The van der Waals surface area contributed by atoms with Crippen molar-refractivity contribution in [2.24, 2.45) is 0 Å². The molecule has 0 aromatic heterocycles. The fraction of sp³-hybridized carbons (Fsp3) is 0.400. The second-order valence-electron chi connectivity index (χ2n) is 6.03. The molecule has 0 radical (unpaired) electrons. The van der Waals surface area contributed by atoms with Crippen molar-refractivity contribution in [1.82, 2.24) is 10.6 Å². The summed E-state index contributed by atoms with van der Waals surface area (Å²) in [6.45, 7) is 4.55. The molecule has 23 heavy (non-hydrogen) atoms. The average Bonchev–Trinajstić information content (AvgIpc) is 2.59. The van der Waals surface area contributed by atoms with Crippen molar-refractivity contribution in [2.75, 3.05) is 14.1 Å². The minimum atomic E-state index is 0. The molecule has 126 valence electrons. The molecule has 2 N–H and O–H groups in total. The first-order valence-electron chi connectivity index (χ1n) is 8.13. The molecule has 4 unspecified atom stereocenters. The molecular formula is C20H29ClN2. The van der Waals surface area contributed by atoms with Crippen LogP contribution in [-0.4, -0.2) is 26.2 Å². The van der Waals surface area contributed by atoms with Crippen LogP contribution >= 0.6 is 12.4 Å². The van der Waals surface area contributed by atoms with Gasteiger partial charge in [0.05, 0.1) is 0 Å². The maximum Gasteiger partial charge on any atom is 0.0111 e. The maximum absolute atomic E-state index is 3.46. The lowest BCUT2D eigenvalue weighted by atomic mass is 9.74. The van der Waals surface area contributed by atoms with Gasteiger partial charge in [-0.3, -0.25) is 0 Å². The van der Waals surface area contributed by atoms with E-state index in [0.717, 1.165) is 0 Å². The molecule has 2 rings (SSSR count). The largest absolute Gasteiger partial charge is 0.317 e. The first-order chi connectivity index (χ1) is 10.7. The van der Waals surface area contributed by atoms with Crippen molar-refractivity contribution in [1.29, 1.82) is 0 Å². The zero-order chi connectivity index (χ0) is 15.9. The second kappa shape index (κ2) is 9.71. The predicted octanol–water partition coefficient (Wildman–Crippen LogP) is 4.19. The fourth-order valence-corrected chi connectivity index (χ4v) is 3.32. The van der Waals surface area contributed by atoms with Crippen LogP contribution in [0.25, 0.3) is 0 Å². The van der Waals surface area contributed by atoms with Gasteiger partial charge in [0.1, 0.15) is 0 Å². The van der Waals surface area contributed by atoms with Gasteiger partial charge in [0.2, 0.25) is 0 Å². The van der Waals surface area contributed by atoms with E-state index in [1.807, 2.05) is 14.1 Å². The van der Waals surface area contributed by atoms with E-state index < -0.39 is 0 Å². The summed E-state index contributed by atoms with van der Waals surface area (Å²) in [5.74, 6) is 0.826. The molecule has 0 bridgehead atoms. The van der Waals surface area contributed by atoms with Gasteiger partial charge in [0.15, 0.2) is 0 Å². The molecule has 3 heteroatoms. The van der Waals surface area contributed by atoms with Gasteiger partial charge in [-0.1, -0.05) is 60.7 Å². The van der Waals surface area contributed by atoms with E-state index in [-0.39, 0.29) is 12.4 Å². The van der Waals surface area contributed by atoms with Gasteiger partial charge in [-0.2, -0.15) is 0 Å². The zero-order valence-corrected chi connectivity index (χ0v) is 15.3. The molecule has 0 spiro atoms. The Morgan fingerprint density at radius 2 is 0.913 bits per heavy atom. The molecule has 0 aliphatic carbocycles. The SMILES string of the molecule is CNC(C)C(c1ccccc1)C(c1ccccc1)C(C)NC.Cl. The summed E-state index contributed by atoms with van der Waals surface area (Å²) < 4.78 is 0. The highest BCUT2D eigenvalue weighted by molar-refractivity contribution is 5.85. The van der Waals surface area contributed by atoms with Gasteiger partial charge in [0.25, 0.3) is 0 Å². The first-order valence-corrected chi connectivity index (χ1v) is 8.13. The summed E-state index contributed by atoms with van der Waals surface area (Å²) in [4.78, 5) is 0. The van der Waals surface area contributed by atoms with Crippen molar-refractivity contribution < 1.29 is 0 Å². The number of hydrogen-bond donors (Lipinski definition) is 2. The third-order valence-corrected chi connectivity index (χ3v) is 4.74. The molecule has 0 heterocycles. The van der Waals surface area contributed by atoms with Gasteiger partial charge in [-0.05, 0) is 39.1 Å². The Hall–Kier alpha value is -1.35. The molecule has 0 aliphatic rings. The highest BCUT2D eigenvalue weighted by atomic mass is 35.5. The van der Waals surface area contributed by atoms with E-state index in [0.29, 0.717) is 23.9 Å². The van der Waals surface area contributed by atoms with Crippen LogP contribution in [0.2, 0.25) is 0 Å². The van der Waals surface area contributed by atoms with Crippen LogP contribution in [0.1, 0.15) is 36.8 Å². The highest BCUT2D eigenvalue weighted by Crippen LogP contribution is 2.38. The van der Waals surface area contributed by atoms with Crippen LogP contribution < -0.4 is 10.6 Å². The average molecular weight is 333 g/mol. The van der Waals surface area contributed by atoms with Crippen LogP contribution in [0.3, 0.4) is 0 Å². The summed E-state index contributed by atoms with van der Waals surface area (Å²) in [5.41, 5.74) is 2.78. The Morgan fingerprint density at radius 1 is 0.609 bits per heavy atom. The number of halogens is 1. The standard InChI is InChI=1S/C20H28N2.ClH/c1-15(21-3)19(17-11-7-5-8-12-17)20(16(2)22-4)18-13-9-6-10-14-18;/h5-16,19-22H,1-4H3;1H. The van der Waals surface area contributed by atoms with E-state index in [2.05, 4.69) is 85.1 Å². The van der Waals surface area contributed by atoms with Gasteiger partial charge >= 0.3 is 0 Å². The number of nitrogens with one attached hydrogen (secondary N) is 2. The molecule has 0 aliphatic heterocycles. The van der Waals surface area contributed by atoms with E-state index in [4.69, 9.17) is 0 Å². The normalized spacial score (nSPS) is 16.0. The number of benzene rings is 2. The van der Waals surface area contributed by atoms with Crippen LogP contribution in [-0.2, 0) is 0 Å². The van der Waals surface area contributed by atoms with Gasteiger partial charge in [-0.15, -0.1) is 12.4 Å². The summed E-state index contributed by atoms with van der Waals surface area (Å²) >= 11 is 0. The molecule has 0 saturated carbocycles. The minimum Gasteiger partial charge on any atom is -0.317 e. The van der Waals surface area contributed by atoms with E-state index >= 15 is 0 Å². The summed E-state index contributed by atoms with van der Waals surface area (Å²) in [6, 6.07) is 22.5. The van der Waals surface area contributed by atoms with E-state index in [1.165, 1.54) is 11.1 Å². The molecule has 2 aromatic rings. The molecule has 0 amide bonds. The monoisotopic (exact) mass is 332 g/mol. The lowest BCUT2D eigenvalue weighted by Gasteiger charge is -2.36. The third kappa shape index (κ3) is 4.81. The van der Waals surface area contributed by atoms with Gasteiger partial charge in [0, 0.05) is 23.9 Å². The van der Waals surface area contributed by atoms with E-state index in [9.17, 15) is 0 Å². The highest BCUT2D eigenvalue weighted by Gasteiger charge is 2.32. The zero-order valence-electron chi connectivity index (χ0n) is 14.5. The number of hydrogen-bond acceptors (Lipinski definition) is 2. The Kier molecular flexibility index (Phi) is 8.32. The second-order valence-corrected chi connectivity index (χ2v) is 6.03. The minimum absolute atomic E-state index is 0. The van der Waals surface area contributed by atoms with Crippen LogP contribution in [0, 0.1) is 0 Å². The Labute approximate surface area is 147 Å². The lowest BCUT2D eigenvalue weighted by Crippen LogP contribution is -2.40. The van der Waals surface area contributed by atoms with Gasteiger partial charge < -0.3 is 10.6 Å². The Bertz CT molecular complexity index is 493. The quantitative estimate of drug-likeness (QED) is 0.794. The number of rotatable bonds is 7. The molecule has 4 atom stereocenters. The molecule has 2 nitrogen and oxygen atoms in total. The molecule has 0 fully saturated rings. The van der Waals surface area contributed by atoms with Crippen molar-refractivity contribution in [3.8, 4) is 0 Å². The Morgan fingerprint density at radius 3 is 1.17 bits per heavy atom. The summed E-state index contributed by atoms with van der Waals surface area (Å²) in [6.07, 6.45) is 0.